The first kappa shape index (κ1) is 16.8. The van der Waals surface area contributed by atoms with Crippen molar-refractivity contribution < 1.29 is 0 Å². The minimum Gasteiger partial charge on any atom is -0.399 e. The van der Waals surface area contributed by atoms with Crippen molar-refractivity contribution >= 4 is 32.9 Å². The highest BCUT2D eigenvalue weighted by Gasteiger charge is 2.04. The highest BCUT2D eigenvalue weighted by molar-refractivity contribution is 5.91. The van der Waals surface area contributed by atoms with Gasteiger partial charge in [0.2, 0.25) is 0 Å². The summed E-state index contributed by atoms with van der Waals surface area (Å²) in [5.41, 5.74) is 10.4. The van der Waals surface area contributed by atoms with Gasteiger partial charge in [-0.3, -0.25) is 39.6 Å². The quantitative estimate of drug-likeness (QED) is 0.233. The van der Waals surface area contributed by atoms with Gasteiger partial charge >= 0.3 is 0 Å². The molecule has 0 amide bonds. The molecule has 2 aromatic heterocycles. The first-order valence-corrected chi connectivity index (χ1v) is 7.38. The first-order valence-electron chi connectivity index (χ1n) is 7.38. The van der Waals surface area contributed by atoms with E-state index in [1.54, 1.807) is 24.3 Å². The van der Waals surface area contributed by atoms with E-state index < -0.39 is 0 Å². The Morgan fingerprint density at radius 1 is 0.615 bits per heavy atom. The van der Waals surface area contributed by atoms with Gasteiger partial charge in [-0.15, -0.1) is 0 Å². The third-order valence-electron chi connectivity index (χ3n) is 3.68. The highest BCUT2D eigenvalue weighted by Crippen LogP contribution is 2.11. The Labute approximate surface area is 143 Å². The minimum absolute atomic E-state index is 0.242. The van der Waals surface area contributed by atoms with Crippen LogP contribution in [-0.2, 0) is 0 Å². The van der Waals surface area contributed by atoms with Gasteiger partial charge in [0.05, 0.1) is 21.5 Å². The predicted octanol–water partition coefficient (Wildman–Crippen LogP) is -0.403. The van der Waals surface area contributed by atoms with Gasteiger partial charge in [-0.25, -0.2) is 0 Å². The molecule has 4 rings (SSSR count). The monoisotopic (exact) mass is 354 g/mol. The van der Waals surface area contributed by atoms with Crippen LogP contribution in [0.2, 0.25) is 0 Å². The largest absolute Gasteiger partial charge is 0.399 e. The van der Waals surface area contributed by atoms with Crippen LogP contribution in [0.4, 0.5) is 11.4 Å². The summed E-state index contributed by atoms with van der Waals surface area (Å²) in [5.74, 6) is 0. The molecule has 2 aromatic carbocycles. The van der Waals surface area contributed by atoms with Gasteiger partial charge in [0.25, 0.3) is 22.2 Å². The number of nitrogen functional groups attached to an aromatic ring is 2. The van der Waals surface area contributed by atoms with E-state index in [4.69, 9.17) is 11.5 Å². The smallest absolute Gasteiger partial charge is 0.272 e. The van der Waals surface area contributed by atoms with Crippen LogP contribution in [0.25, 0.3) is 21.5 Å². The van der Waals surface area contributed by atoms with Crippen LogP contribution in [-0.4, -0.2) is 20.4 Å². The third kappa shape index (κ3) is 2.98. The Bertz CT molecular complexity index is 1330. The van der Waals surface area contributed by atoms with Crippen LogP contribution in [0.3, 0.4) is 0 Å². The van der Waals surface area contributed by atoms with Gasteiger partial charge in [-0.2, -0.15) is 0 Å². The van der Waals surface area contributed by atoms with E-state index in [0.29, 0.717) is 27.5 Å². The average Bonchev–Trinajstić information content (AvgIpc) is 2.62. The number of anilines is 2. The molecule has 132 valence electrons. The van der Waals surface area contributed by atoms with Crippen molar-refractivity contribution in [2.24, 2.45) is 0 Å². The van der Waals surface area contributed by atoms with Crippen LogP contribution < -0.4 is 33.7 Å². The zero-order chi connectivity index (χ0) is 18.8. The van der Waals surface area contributed by atoms with E-state index in [1.165, 1.54) is 12.1 Å². The number of aromatic nitrogens is 4. The number of aromatic amines is 4. The number of H-pyrrole nitrogens is 4. The fourth-order valence-electron chi connectivity index (χ4n) is 2.45. The van der Waals surface area contributed by atoms with Crippen LogP contribution >= 0.6 is 0 Å². The molecule has 0 unspecified atom stereocenters. The average molecular weight is 354 g/mol. The van der Waals surface area contributed by atoms with Crippen molar-refractivity contribution in [3.63, 3.8) is 0 Å². The number of nitrogens with one attached hydrogen (secondary N) is 4. The van der Waals surface area contributed by atoms with E-state index in [-0.39, 0.29) is 27.6 Å². The summed E-state index contributed by atoms with van der Waals surface area (Å²) in [5, 5.41) is 10.1. The summed E-state index contributed by atoms with van der Waals surface area (Å²) < 4.78 is 0. The Kier molecular flexibility index (Phi) is 4.15. The second-order valence-electron chi connectivity index (χ2n) is 5.39. The van der Waals surface area contributed by atoms with Crippen LogP contribution in [0, 0.1) is 0 Å². The number of rotatable bonds is 0. The fraction of sp³-hybridized carbons (Fsp3) is 0. The molecule has 0 aliphatic carbocycles. The molecule has 4 aromatic rings. The second-order valence-corrected chi connectivity index (χ2v) is 5.39. The van der Waals surface area contributed by atoms with Crippen LogP contribution in [0.1, 0.15) is 0 Å². The molecule has 2 heterocycles. The van der Waals surface area contributed by atoms with Crippen LogP contribution in [0.5, 0.6) is 0 Å². The van der Waals surface area contributed by atoms with Crippen molar-refractivity contribution in [2.45, 2.75) is 0 Å². The standard InChI is InChI=1S/2C8H7N3O2/c9-4-1-2-5-6(3-4)8(13)11-10-7(5)12;9-5-3-1-2-4-6(5)8(13)11-10-7(4)12/h2*1-3H,9H2,(H,10,12)(H,11,13). The number of hydrogen-bond acceptors (Lipinski definition) is 6. The van der Waals surface area contributed by atoms with Crippen molar-refractivity contribution in [1.82, 2.24) is 20.4 Å². The number of hydrogen-bond donors (Lipinski definition) is 6. The molecule has 10 nitrogen and oxygen atoms in total. The summed E-state index contributed by atoms with van der Waals surface area (Å²) in [7, 11) is 0. The van der Waals surface area contributed by atoms with Gasteiger partial charge in [0.15, 0.2) is 0 Å². The summed E-state index contributed by atoms with van der Waals surface area (Å²) in [6.07, 6.45) is 0. The van der Waals surface area contributed by atoms with E-state index in [1.807, 2.05) is 0 Å². The summed E-state index contributed by atoms with van der Waals surface area (Å²) in [6, 6.07) is 9.35. The molecule has 0 aliphatic heterocycles. The second kappa shape index (κ2) is 6.43. The van der Waals surface area contributed by atoms with Gasteiger partial charge in [0, 0.05) is 11.4 Å². The molecule has 0 atom stereocenters. The lowest BCUT2D eigenvalue weighted by Gasteiger charge is -1.97. The molecule has 0 saturated carbocycles. The summed E-state index contributed by atoms with van der Waals surface area (Å²) in [4.78, 5) is 44.8. The zero-order valence-electron chi connectivity index (χ0n) is 13.3. The number of nitrogens with two attached hydrogens (primary N) is 2. The maximum absolute atomic E-state index is 11.2. The molecule has 10 heteroatoms. The normalized spacial score (nSPS) is 10.5. The topological polar surface area (TPSA) is 183 Å². The van der Waals surface area contributed by atoms with Crippen molar-refractivity contribution in [3.05, 3.63) is 77.8 Å². The minimum atomic E-state index is -0.382. The third-order valence-corrected chi connectivity index (χ3v) is 3.68. The lowest BCUT2D eigenvalue weighted by molar-refractivity contribution is 0.977. The van der Waals surface area contributed by atoms with E-state index in [2.05, 4.69) is 20.4 Å². The molecular formula is C16H14N6O4. The Morgan fingerprint density at radius 3 is 1.85 bits per heavy atom. The van der Waals surface area contributed by atoms with Crippen molar-refractivity contribution in [1.29, 1.82) is 0 Å². The maximum atomic E-state index is 11.2. The molecule has 0 saturated heterocycles. The maximum Gasteiger partial charge on any atom is 0.272 e. The predicted molar refractivity (Wildman–Crippen MR) is 99.2 cm³/mol. The Hall–Kier alpha value is -4.08. The van der Waals surface area contributed by atoms with Gasteiger partial charge in [-0.1, -0.05) is 6.07 Å². The molecule has 0 fully saturated rings. The number of fused-ring (bicyclic) bond motifs is 2. The zero-order valence-corrected chi connectivity index (χ0v) is 13.3. The number of benzene rings is 2. The fourth-order valence-corrected chi connectivity index (χ4v) is 2.45. The van der Waals surface area contributed by atoms with Crippen molar-refractivity contribution in [2.75, 3.05) is 11.5 Å². The van der Waals surface area contributed by atoms with Crippen LogP contribution in [0.15, 0.2) is 55.6 Å². The molecular weight excluding hydrogens is 340 g/mol. The van der Waals surface area contributed by atoms with Gasteiger partial charge in [0.1, 0.15) is 0 Å². The molecule has 0 bridgehead atoms. The van der Waals surface area contributed by atoms with E-state index >= 15 is 0 Å². The lowest BCUT2D eigenvalue weighted by Crippen LogP contribution is -2.19. The Balaban J connectivity index is 0.000000151. The SMILES string of the molecule is Nc1ccc2c(=O)[nH][nH]c(=O)c2c1.Nc1cccc2c(=O)[nH][nH]c(=O)c12. The Morgan fingerprint density at radius 2 is 1.19 bits per heavy atom. The lowest BCUT2D eigenvalue weighted by atomic mass is 10.2. The van der Waals surface area contributed by atoms with Gasteiger partial charge in [-0.05, 0) is 30.3 Å². The first-order chi connectivity index (χ1) is 12.4. The molecule has 8 N–H and O–H groups in total. The molecule has 0 spiro atoms. The molecule has 0 radical (unpaired) electrons. The van der Waals surface area contributed by atoms with E-state index in [9.17, 15) is 19.2 Å². The molecule has 26 heavy (non-hydrogen) atoms. The molecule has 0 aliphatic rings. The highest BCUT2D eigenvalue weighted by atomic mass is 16.2. The van der Waals surface area contributed by atoms with E-state index in [0.717, 1.165) is 0 Å². The van der Waals surface area contributed by atoms with Crippen molar-refractivity contribution in [3.8, 4) is 0 Å². The van der Waals surface area contributed by atoms with Gasteiger partial charge < -0.3 is 11.5 Å². The summed E-state index contributed by atoms with van der Waals surface area (Å²) in [6.45, 7) is 0. The summed E-state index contributed by atoms with van der Waals surface area (Å²) >= 11 is 0.